The number of hydrogen-bond acceptors (Lipinski definition) is 3. The molecule has 0 saturated heterocycles. The van der Waals surface area contributed by atoms with Gasteiger partial charge in [-0.05, 0) is 26.0 Å². The minimum atomic E-state index is 0.960. The maximum Gasteiger partial charge on any atom is 0.0905 e. The van der Waals surface area contributed by atoms with Crippen LogP contribution in [-0.4, -0.2) is 23.1 Å². The molecule has 15 heavy (non-hydrogen) atoms. The monoisotopic (exact) mass is 201 g/mol. The predicted octanol–water partition coefficient (Wildman–Crippen LogP) is 2.48. The van der Waals surface area contributed by atoms with Gasteiger partial charge in [0, 0.05) is 36.6 Å². The summed E-state index contributed by atoms with van der Waals surface area (Å²) in [4.78, 5) is 10.7. The summed E-state index contributed by atoms with van der Waals surface area (Å²) in [7, 11) is 0. The maximum atomic E-state index is 4.30. The van der Waals surface area contributed by atoms with E-state index < -0.39 is 0 Å². The molecule has 0 N–H and O–H groups in total. The van der Waals surface area contributed by atoms with Crippen LogP contribution in [0.1, 0.15) is 13.8 Å². The van der Waals surface area contributed by atoms with Crippen molar-refractivity contribution in [1.82, 2.24) is 9.97 Å². The summed E-state index contributed by atoms with van der Waals surface area (Å²) < 4.78 is 0. The van der Waals surface area contributed by atoms with Crippen molar-refractivity contribution in [2.24, 2.45) is 0 Å². The third-order valence-electron chi connectivity index (χ3n) is 2.63. The largest absolute Gasteiger partial charge is 0.371 e. The number of pyridine rings is 2. The molecule has 0 spiro atoms. The van der Waals surface area contributed by atoms with Gasteiger partial charge in [0.1, 0.15) is 0 Å². The van der Waals surface area contributed by atoms with Gasteiger partial charge in [-0.1, -0.05) is 0 Å². The van der Waals surface area contributed by atoms with Crippen LogP contribution in [0.4, 0.5) is 5.69 Å². The fourth-order valence-electron chi connectivity index (χ4n) is 1.82. The van der Waals surface area contributed by atoms with Crippen molar-refractivity contribution in [2.45, 2.75) is 13.8 Å². The highest BCUT2D eigenvalue weighted by Gasteiger charge is 2.06. The lowest BCUT2D eigenvalue weighted by molar-refractivity contribution is 0.869. The Morgan fingerprint density at radius 2 is 1.93 bits per heavy atom. The summed E-state index contributed by atoms with van der Waals surface area (Å²) in [5.41, 5.74) is 2.20. The molecule has 2 aromatic heterocycles. The number of fused-ring (bicyclic) bond motifs is 1. The fraction of sp³-hybridized carbons (Fsp3) is 0.333. The van der Waals surface area contributed by atoms with Gasteiger partial charge in [0.2, 0.25) is 0 Å². The molecule has 0 aliphatic heterocycles. The molecule has 0 unspecified atom stereocenters. The van der Waals surface area contributed by atoms with Crippen LogP contribution in [0, 0.1) is 0 Å². The maximum absolute atomic E-state index is 4.30. The second kappa shape index (κ2) is 4.26. The molecule has 0 aliphatic carbocycles. The van der Waals surface area contributed by atoms with E-state index in [1.165, 1.54) is 11.1 Å². The molecule has 0 aliphatic rings. The standard InChI is InChI=1S/C12H15N3/c1-3-15(4-2)12-6-8-14-11-9-13-7-5-10(11)12/h5-9H,3-4H2,1-2H3. The summed E-state index contributed by atoms with van der Waals surface area (Å²) in [6.45, 7) is 6.35. The van der Waals surface area contributed by atoms with Gasteiger partial charge in [-0.3, -0.25) is 9.97 Å². The Balaban J connectivity index is 2.59. The average molecular weight is 201 g/mol. The molecular formula is C12H15N3. The number of anilines is 1. The molecule has 0 aromatic carbocycles. The third-order valence-corrected chi connectivity index (χ3v) is 2.63. The molecule has 0 atom stereocenters. The second-order valence-corrected chi connectivity index (χ2v) is 3.40. The van der Waals surface area contributed by atoms with Crippen LogP contribution in [-0.2, 0) is 0 Å². The number of nitrogens with zero attached hydrogens (tertiary/aromatic N) is 3. The fourth-order valence-corrected chi connectivity index (χ4v) is 1.82. The Hall–Kier alpha value is -1.64. The number of hydrogen-bond donors (Lipinski definition) is 0. The highest BCUT2D eigenvalue weighted by atomic mass is 15.1. The van der Waals surface area contributed by atoms with Crippen molar-refractivity contribution in [3.63, 3.8) is 0 Å². The van der Waals surface area contributed by atoms with Crippen LogP contribution in [0.5, 0.6) is 0 Å². The number of rotatable bonds is 3. The molecule has 2 rings (SSSR count). The lowest BCUT2D eigenvalue weighted by atomic mass is 10.2. The molecule has 0 radical (unpaired) electrons. The molecule has 0 saturated carbocycles. The molecule has 3 heteroatoms. The summed E-state index contributed by atoms with van der Waals surface area (Å²) >= 11 is 0. The highest BCUT2D eigenvalue weighted by Crippen LogP contribution is 2.23. The van der Waals surface area contributed by atoms with Crippen LogP contribution >= 0.6 is 0 Å². The van der Waals surface area contributed by atoms with E-state index in [4.69, 9.17) is 0 Å². The second-order valence-electron chi connectivity index (χ2n) is 3.40. The van der Waals surface area contributed by atoms with E-state index >= 15 is 0 Å². The molecule has 2 heterocycles. The smallest absolute Gasteiger partial charge is 0.0905 e. The first-order chi connectivity index (χ1) is 7.36. The van der Waals surface area contributed by atoms with Gasteiger partial charge in [-0.15, -0.1) is 0 Å². The minimum Gasteiger partial charge on any atom is -0.371 e. The Morgan fingerprint density at radius 3 is 2.67 bits per heavy atom. The zero-order chi connectivity index (χ0) is 10.7. The zero-order valence-electron chi connectivity index (χ0n) is 9.14. The molecule has 78 valence electrons. The van der Waals surface area contributed by atoms with Gasteiger partial charge in [0.15, 0.2) is 0 Å². The summed E-state index contributed by atoms with van der Waals surface area (Å²) in [6.07, 6.45) is 5.47. The van der Waals surface area contributed by atoms with Gasteiger partial charge in [-0.25, -0.2) is 0 Å². The van der Waals surface area contributed by atoms with Crippen molar-refractivity contribution in [1.29, 1.82) is 0 Å². The van der Waals surface area contributed by atoms with Crippen molar-refractivity contribution >= 4 is 16.6 Å². The Labute approximate surface area is 89.8 Å². The van der Waals surface area contributed by atoms with Crippen LogP contribution in [0.15, 0.2) is 30.7 Å². The van der Waals surface area contributed by atoms with Crippen LogP contribution in [0.3, 0.4) is 0 Å². The molecule has 3 nitrogen and oxygen atoms in total. The summed E-state index contributed by atoms with van der Waals surface area (Å²) in [6, 6.07) is 4.09. The first-order valence-electron chi connectivity index (χ1n) is 5.30. The van der Waals surface area contributed by atoms with Crippen molar-refractivity contribution in [3.05, 3.63) is 30.7 Å². The van der Waals surface area contributed by atoms with Crippen molar-refractivity contribution in [3.8, 4) is 0 Å². The Morgan fingerprint density at radius 1 is 1.13 bits per heavy atom. The topological polar surface area (TPSA) is 29.0 Å². The van der Waals surface area contributed by atoms with E-state index in [1.807, 2.05) is 24.7 Å². The van der Waals surface area contributed by atoms with Gasteiger partial charge in [-0.2, -0.15) is 0 Å². The van der Waals surface area contributed by atoms with Gasteiger partial charge < -0.3 is 4.90 Å². The normalized spacial score (nSPS) is 10.5. The Kier molecular flexibility index (Phi) is 2.81. The quantitative estimate of drug-likeness (QED) is 0.764. The van der Waals surface area contributed by atoms with Gasteiger partial charge in [0.25, 0.3) is 0 Å². The van der Waals surface area contributed by atoms with Crippen LogP contribution in [0.2, 0.25) is 0 Å². The number of aromatic nitrogens is 2. The summed E-state index contributed by atoms with van der Waals surface area (Å²) in [5.74, 6) is 0. The molecular weight excluding hydrogens is 186 g/mol. The molecule has 2 aromatic rings. The average Bonchev–Trinajstić information content (AvgIpc) is 2.31. The van der Waals surface area contributed by atoms with Crippen LogP contribution in [0.25, 0.3) is 10.9 Å². The first kappa shape index (κ1) is 9.90. The molecule has 0 bridgehead atoms. The lowest BCUT2D eigenvalue weighted by Gasteiger charge is -2.22. The van der Waals surface area contributed by atoms with E-state index in [0.717, 1.165) is 18.6 Å². The van der Waals surface area contributed by atoms with Gasteiger partial charge >= 0.3 is 0 Å². The van der Waals surface area contributed by atoms with Crippen molar-refractivity contribution in [2.75, 3.05) is 18.0 Å². The van der Waals surface area contributed by atoms with E-state index in [-0.39, 0.29) is 0 Å². The van der Waals surface area contributed by atoms with Crippen molar-refractivity contribution < 1.29 is 0 Å². The zero-order valence-corrected chi connectivity index (χ0v) is 9.14. The summed E-state index contributed by atoms with van der Waals surface area (Å²) in [5, 5.41) is 1.18. The Bertz CT molecular complexity index is 444. The minimum absolute atomic E-state index is 0.960. The molecule has 0 amide bonds. The third kappa shape index (κ3) is 1.77. The van der Waals surface area contributed by atoms with E-state index in [0.29, 0.717) is 0 Å². The molecule has 0 fully saturated rings. The van der Waals surface area contributed by atoms with E-state index in [9.17, 15) is 0 Å². The SMILES string of the molecule is CCN(CC)c1ccnc2cnccc12. The highest BCUT2D eigenvalue weighted by molar-refractivity contribution is 5.90. The van der Waals surface area contributed by atoms with E-state index in [2.05, 4.69) is 34.8 Å². The predicted molar refractivity (Wildman–Crippen MR) is 63.1 cm³/mol. The lowest BCUT2D eigenvalue weighted by Crippen LogP contribution is -2.22. The first-order valence-corrected chi connectivity index (χ1v) is 5.30. The van der Waals surface area contributed by atoms with E-state index in [1.54, 1.807) is 0 Å². The van der Waals surface area contributed by atoms with Crippen LogP contribution < -0.4 is 4.90 Å². The van der Waals surface area contributed by atoms with Gasteiger partial charge in [0.05, 0.1) is 11.7 Å².